The smallest absolute Gasteiger partial charge is 0.142 e. The SMILES string of the molecule is CCCN(Cc1csc(-c2ccccn2)n1)C1CCNC1. The van der Waals surface area contributed by atoms with Crippen molar-refractivity contribution in [3.05, 3.63) is 35.5 Å². The number of pyridine rings is 1. The van der Waals surface area contributed by atoms with Crippen molar-refractivity contribution < 1.29 is 0 Å². The monoisotopic (exact) mass is 302 g/mol. The highest BCUT2D eigenvalue weighted by Crippen LogP contribution is 2.23. The molecule has 1 aliphatic heterocycles. The van der Waals surface area contributed by atoms with E-state index < -0.39 is 0 Å². The first-order chi connectivity index (χ1) is 10.4. The standard InChI is InChI=1S/C16H22N4S/c1-2-9-20(14-6-8-17-10-14)11-13-12-21-16(19-13)15-5-3-4-7-18-15/h3-5,7,12,14,17H,2,6,8-11H2,1H3. The molecule has 1 fully saturated rings. The summed E-state index contributed by atoms with van der Waals surface area (Å²) in [6.45, 7) is 6.58. The summed E-state index contributed by atoms with van der Waals surface area (Å²) in [7, 11) is 0. The van der Waals surface area contributed by atoms with E-state index in [9.17, 15) is 0 Å². The van der Waals surface area contributed by atoms with Crippen molar-refractivity contribution in [2.24, 2.45) is 0 Å². The number of nitrogens with one attached hydrogen (secondary N) is 1. The first-order valence-corrected chi connectivity index (χ1v) is 8.55. The molecule has 4 nitrogen and oxygen atoms in total. The largest absolute Gasteiger partial charge is 0.315 e. The van der Waals surface area contributed by atoms with E-state index in [1.165, 1.54) is 18.5 Å². The first kappa shape index (κ1) is 14.6. The van der Waals surface area contributed by atoms with Crippen LogP contribution in [-0.4, -0.2) is 40.5 Å². The first-order valence-electron chi connectivity index (χ1n) is 7.67. The zero-order chi connectivity index (χ0) is 14.5. The third-order valence-electron chi connectivity index (χ3n) is 3.86. The molecule has 5 heteroatoms. The Morgan fingerprint density at radius 1 is 1.43 bits per heavy atom. The molecule has 0 saturated carbocycles. The third kappa shape index (κ3) is 3.67. The van der Waals surface area contributed by atoms with Crippen molar-refractivity contribution in [3.63, 3.8) is 0 Å². The van der Waals surface area contributed by atoms with Crippen molar-refractivity contribution in [1.29, 1.82) is 0 Å². The van der Waals surface area contributed by atoms with Crippen LogP contribution in [0.5, 0.6) is 0 Å². The summed E-state index contributed by atoms with van der Waals surface area (Å²) in [4.78, 5) is 11.7. The van der Waals surface area contributed by atoms with E-state index >= 15 is 0 Å². The van der Waals surface area contributed by atoms with Crippen LogP contribution in [0.15, 0.2) is 29.8 Å². The fraction of sp³-hybridized carbons (Fsp3) is 0.500. The minimum absolute atomic E-state index is 0.657. The average molecular weight is 302 g/mol. The molecule has 2 aromatic heterocycles. The molecule has 1 unspecified atom stereocenters. The van der Waals surface area contributed by atoms with Gasteiger partial charge < -0.3 is 5.32 Å². The quantitative estimate of drug-likeness (QED) is 0.891. The molecular weight excluding hydrogens is 280 g/mol. The van der Waals surface area contributed by atoms with Gasteiger partial charge in [0.1, 0.15) is 5.01 Å². The Balaban J connectivity index is 1.70. The highest BCUT2D eigenvalue weighted by Gasteiger charge is 2.22. The summed E-state index contributed by atoms with van der Waals surface area (Å²) in [6, 6.07) is 6.63. The summed E-state index contributed by atoms with van der Waals surface area (Å²) in [5.41, 5.74) is 2.14. The predicted octanol–water partition coefficient (Wildman–Crippen LogP) is 2.78. The van der Waals surface area contributed by atoms with E-state index in [1.54, 1.807) is 11.3 Å². The molecule has 21 heavy (non-hydrogen) atoms. The van der Waals surface area contributed by atoms with Gasteiger partial charge in [-0.05, 0) is 38.1 Å². The maximum atomic E-state index is 4.77. The van der Waals surface area contributed by atoms with E-state index in [-0.39, 0.29) is 0 Å². The van der Waals surface area contributed by atoms with E-state index in [1.807, 2.05) is 24.4 Å². The van der Waals surface area contributed by atoms with Gasteiger partial charge in [-0.3, -0.25) is 9.88 Å². The lowest BCUT2D eigenvalue weighted by molar-refractivity contribution is 0.197. The van der Waals surface area contributed by atoms with Crippen molar-refractivity contribution >= 4 is 11.3 Å². The van der Waals surface area contributed by atoms with Crippen LogP contribution in [0.2, 0.25) is 0 Å². The Labute approximate surface area is 130 Å². The predicted molar refractivity (Wildman–Crippen MR) is 87.3 cm³/mol. The molecule has 1 atom stereocenters. The number of hydrogen-bond acceptors (Lipinski definition) is 5. The maximum absolute atomic E-state index is 4.77. The van der Waals surface area contributed by atoms with Crippen LogP contribution in [0.4, 0.5) is 0 Å². The van der Waals surface area contributed by atoms with Crippen LogP contribution in [-0.2, 0) is 6.54 Å². The van der Waals surface area contributed by atoms with Gasteiger partial charge in [-0.1, -0.05) is 13.0 Å². The molecule has 0 radical (unpaired) electrons. The number of rotatable bonds is 6. The van der Waals surface area contributed by atoms with Gasteiger partial charge in [0.2, 0.25) is 0 Å². The normalized spacial score (nSPS) is 18.5. The molecule has 0 spiro atoms. The molecule has 112 valence electrons. The Hall–Kier alpha value is -1.30. The fourth-order valence-corrected chi connectivity index (χ4v) is 3.61. The van der Waals surface area contributed by atoms with Crippen LogP contribution in [0, 0.1) is 0 Å². The maximum Gasteiger partial charge on any atom is 0.142 e. The lowest BCUT2D eigenvalue weighted by Crippen LogP contribution is -2.37. The number of thiazole rings is 1. The molecule has 1 saturated heterocycles. The van der Waals surface area contributed by atoms with Crippen LogP contribution in [0.1, 0.15) is 25.5 Å². The minimum Gasteiger partial charge on any atom is -0.315 e. The van der Waals surface area contributed by atoms with Gasteiger partial charge in [-0.2, -0.15) is 0 Å². The van der Waals surface area contributed by atoms with Gasteiger partial charge in [0.25, 0.3) is 0 Å². The van der Waals surface area contributed by atoms with Crippen LogP contribution in [0.25, 0.3) is 10.7 Å². The minimum atomic E-state index is 0.657. The van der Waals surface area contributed by atoms with Crippen molar-refractivity contribution in [2.45, 2.75) is 32.4 Å². The van der Waals surface area contributed by atoms with Gasteiger partial charge in [0.15, 0.2) is 0 Å². The number of nitrogens with zero attached hydrogens (tertiary/aromatic N) is 3. The Bertz CT molecular complexity index is 548. The van der Waals surface area contributed by atoms with E-state index in [0.29, 0.717) is 6.04 Å². The molecule has 0 aromatic carbocycles. The lowest BCUT2D eigenvalue weighted by Gasteiger charge is -2.27. The van der Waals surface area contributed by atoms with Crippen molar-refractivity contribution in [1.82, 2.24) is 20.2 Å². The van der Waals surface area contributed by atoms with Gasteiger partial charge >= 0.3 is 0 Å². The van der Waals surface area contributed by atoms with E-state index in [4.69, 9.17) is 4.98 Å². The second-order valence-electron chi connectivity index (χ2n) is 5.48. The summed E-state index contributed by atoms with van der Waals surface area (Å²) >= 11 is 1.69. The van der Waals surface area contributed by atoms with Crippen LogP contribution < -0.4 is 5.32 Å². The van der Waals surface area contributed by atoms with E-state index in [0.717, 1.165) is 36.9 Å². The molecule has 0 amide bonds. The summed E-state index contributed by atoms with van der Waals surface area (Å²) in [5.74, 6) is 0. The zero-order valence-corrected chi connectivity index (χ0v) is 13.3. The lowest BCUT2D eigenvalue weighted by atomic mass is 10.2. The van der Waals surface area contributed by atoms with Crippen LogP contribution in [0.3, 0.4) is 0 Å². The average Bonchev–Trinajstić information content (AvgIpc) is 3.19. The highest BCUT2D eigenvalue weighted by atomic mass is 32.1. The molecule has 3 heterocycles. The summed E-state index contributed by atoms with van der Waals surface area (Å²) < 4.78 is 0. The molecule has 1 aliphatic rings. The molecule has 1 N–H and O–H groups in total. The third-order valence-corrected chi connectivity index (χ3v) is 4.78. The van der Waals surface area contributed by atoms with Gasteiger partial charge in [-0.25, -0.2) is 4.98 Å². The molecule has 2 aromatic rings. The van der Waals surface area contributed by atoms with Gasteiger partial charge in [0.05, 0.1) is 11.4 Å². The van der Waals surface area contributed by atoms with Crippen molar-refractivity contribution in [3.8, 4) is 10.7 Å². The second-order valence-corrected chi connectivity index (χ2v) is 6.33. The molecule has 3 rings (SSSR count). The number of hydrogen-bond donors (Lipinski definition) is 1. The molecular formula is C16H22N4S. The van der Waals surface area contributed by atoms with Crippen LogP contribution >= 0.6 is 11.3 Å². The van der Waals surface area contributed by atoms with Gasteiger partial charge in [0, 0.05) is 30.7 Å². The molecule has 0 aliphatic carbocycles. The summed E-state index contributed by atoms with van der Waals surface area (Å²) in [5, 5.41) is 6.65. The second kappa shape index (κ2) is 7.11. The molecule has 0 bridgehead atoms. The highest BCUT2D eigenvalue weighted by molar-refractivity contribution is 7.13. The summed E-state index contributed by atoms with van der Waals surface area (Å²) in [6.07, 6.45) is 4.26. The van der Waals surface area contributed by atoms with E-state index in [2.05, 4.69) is 27.5 Å². The Morgan fingerprint density at radius 3 is 3.10 bits per heavy atom. The van der Waals surface area contributed by atoms with Crippen molar-refractivity contribution in [2.75, 3.05) is 19.6 Å². The zero-order valence-electron chi connectivity index (χ0n) is 12.5. The Kier molecular flexibility index (Phi) is 4.95. The Morgan fingerprint density at radius 2 is 2.38 bits per heavy atom. The van der Waals surface area contributed by atoms with Gasteiger partial charge in [-0.15, -0.1) is 11.3 Å². The fourth-order valence-electron chi connectivity index (χ4n) is 2.82. The number of aromatic nitrogens is 2. The topological polar surface area (TPSA) is 41.1 Å².